The number of carbonyl (C=O) groups is 1. The van der Waals surface area contributed by atoms with Gasteiger partial charge in [-0.25, -0.2) is 9.79 Å². The molecule has 9 nitrogen and oxygen atoms in total. The number of piperazine rings is 1. The maximum absolute atomic E-state index is 13.7. The lowest BCUT2D eigenvalue weighted by molar-refractivity contribution is -0.880. The van der Waals surface area contributed by atoms with Crippen molar-refractivity contribution in [2.75, 3.05) is 51.8 Å². The van der Waals surface area contributed by atoms with Crippen molar-refractivity contribution in [2.24, 2.45) is 4.99 Å². The van der Waals surface area contributed by atoms with E-state index in [1.54, 1.807) is 31.6 Å². The van der Waals surface area contributed by atoms with Crippen molar-refractivity contribution in [1.29, 1.82) is 0 Å². The summed E-state index contributed by atoms with van der Waals surface area (Å²) in [6, 6.07) is 10.5. The fourth-order valence-corrected chi connectivity index (χ4v) is 5.75. The van der Waals surface area contributed by atoms with Crippen LogP contribution in [-0.2, 0) is 9.53 Å². The number of esters is 1. The topological polar surface area (TPSA) is 90.7 Å². The van der Waals surface area contributed by atoms with Crippen molar-refractivity contribution >= 4 is 29.3 Å². The molecule has 1 aromatic carbocycles. The number of aromatic nitrogens is 1. The largest absolute Gasteiger partial charge is 0.497 e. The van der Waals surface area contributed by atoms with E-state index in [0.717, 1.165) is 37.6 Å². The maximum atomic E-state index is 13.7. The first-order chi connectivity index (χ1) is 17.9. The van der Waals surface area contributed by atoms with E-state index >= 15 is 0 Å². The first-order valence-electron chi connectivity index (χ1n) is 12.4. The number of likely N-dealkylation sites (N-methyl/N-ethyl adjacent to an activating group) is 1. The molecule has 3 aromatic rings. The van der Waals surface area contributed by atoms with Crippen LogP contribution in [0.4, 0.5) is 5.88 Å². The quantitative estimate of drug-likeness (QED) is 0.480. The number of hydrogen-bond acceptors (Lipinski definition) is 8. The number of benzene rings is 1. The van der Waals surface area contributed by atoms with Crippen molar-refractivity contribution < 1.29 is 23.6 Å². The van der Waals surface area contributed by atoms with Crippen molar-refractivity contribution in [3.8, 4) is 5.75 Å². The van der Waals surface area contributed by atoms with Crippen LogP contribution >= 0.6 is 11.3 Å². The lowest BCUT2D eigenvalue weighted by atomic mass is 9.96. The molecule has 5 rings (SSSR count). The molecule has 10 heteroatoms. The van der Waals surface area contributed by atoms with E-state index in [9.17, 15) is 9.59 Å². The summed E-state index contributed by atoms with van der Waals surface area (Å²) >= 11 is 1.28. The summed E-state index contributed by atoms with van der Waals surface area (Å²) < 4.78 is 18.8. The Morgan fingerprint density at radius 1 is 1.22 bits per heavy atom. The molecule has 1 atom stereocenters. The molecule has 0 saturated carbocycles. The predicted molar refractivity (Wildman–Crippen MR) is 141 cm³/mol. The van der Waals surface area contributed by atoms with Gasteiger partial charge in [-0.2, -0.15) is 0 Å². The molecule has 2 aromatic heterocycles. The van der Waals surface area contributed by atoms with Crippen molar-refractivity contribution in [1.82, 2.24) is 4.57 Å². The van der Waals surface area contributed by atoms with Crippen LogP contribution in [0, 0.1) is 0 Å². The molecular weight excluding hydrogens is 492 g/mol. The molecule has 2 aliphatic heterocycles. The summed E-state index contributed by atoms with van der Waals surface area (Å²) in [5, 5.41) is 0. The van der Waals surface area contributed by atoms with E-state index in [-0.39, 0.29) is 12.2 Å². The van der Waals surface area contributed by atoms with E-state index in [1.165, 1.54) is 16.2 Å². The van der Waals surface area contributed by atoms with Gasteiger partial charge in [-0.3, -0.25) is 9.36 Å². The van der Waals surface area contributed by atoms with Gasteiger partial charge in [0.25, 0.3) is 5.56 Å². The number of nitrogens with one attached hydrogen (secondary N) is 1. The monoisotopic (exact) mass is 523 g/mol. The Labute approximate surface area is 218 Å². The zero-order valence-electron chi connectivity index (χ0n) is 21.4. The highest BCUT2D eigenvalue weighted by molar-refractivity contribution is 7.07. The second-order valence-corrected chi connectivity index (χ2v) is 10.2. The third-order valence-electron chi connectivity index (χ3n) is 6.76. The van der Waals surface area contributed by atoms with Crippen LogP contribution in [0.5, 0.6) is 5.75 Å². The van der Waals surface area contributed by atoms with Gasteiger partial charge < -0.3 is 23.7 Å². The zero-order valence-corrected chi connectivity index (χ0v) is 22.3. The van der Waals surface area contributed by atoms with Gasteiger partial charge >= 0.3 is 5.97 Å². The second-order valence-electron chi connectivity index (χ2n) is 9.20. The summed E-state index contributed by atoms with van der Waals surface area (Å²) in [5.74, 6) is 1.62. The van der Waals surface area contributed by atoms with Crippen LogP contribution in [0.1, 0.15) is 31.2 Å². The van der Waals surface area contributed by atoms with Crippen molar-refractivity contribution in [2.45, 2.75) is 19.9 Å². The van der Waals surface area contributed by atoms with Crippen molar-refractivity contribution in [3.63, 3.8) is 0 Å². The molecule has 0 radical (unpaired) electrons. The Kier molecular flexibility index (Phi) is 7.03. The highest BCUT2D eigenvalue weighted by atomic mass is 32.1. The lowest BCUT2D eigenvalue weighted by Crippen LogP contribution is -3.12. The molecule has 0 spiro atoms. The van der Waals surface area contributed by atoms with Gasteiger partial charge in [-0.1, -0.05) is 23.5 Å². The molecule has 0 unspecified atom stereocenters. The number of ether oxygens (including phenoxy) is 2. The molecule has 37 heavy (non-hydrogen) atoms. The van der Waals surface area contributed by atoms with Gasteiger partial charge in [0.05, 0.1) is 68.8 Å². The molecule has 1 saturated heterocycles. The lowest BCUT2D eigenvalue weighted by Gasteiger charge is -2.29. The Hall–Kier alpha value is -3.63. The Morgan fingerprint density at radius 3 is 2.62 bits per heavy atom. The van der Waals surface area contributed by atoms with E-state index in [0.29, 0.717) is 32.1 Å². The zero-order chi connectivity index (χ0) is 26.1. The Morgan fingerprint density at radius 2 is 1.95 bits per heavy atom. The molecule has 0 aliphatic carbocycles. The number of hydrogen-bond donors (Lipinski definition) is 1. The average molecular weight is 524 g/mol. The van der Waals surface area contributed by atoms with E-state index in [2.05, 4.69) is 16.9 Å². The van der Waals surface area contributed by atoms with Gasteiger partial charge in [-0.05, 0) is 37.6 Å². The van der Waals surface area contributed by atoms with Crippen LogP contribution in [0.3, 0.4) is 0 Å². The number of furan rings is 1. The molecule has 4 heterocycles. The smallest absolute Gasteiger partial charge is 0.338 e. The Bertz CT molecular complexity index is 1510. The molecule has 0 amide bonds. The third kappa shape index (κ3) is 4.86. The number of methoxy groups -OCH3 is 1. The number of quaternary nitrogens is 1. The fraction of sp³-hybridized carbons (Fsp3) is 0.370. The number of fused-ring (bicyclic) bond motifs is 1. The number of anilines is 1. The molecule has 1 N–H and O–H groups in total. The van der Waals surface area contributed by atoms with Crippen LogP contribution in [0.2, 0.25) is 0 Å². The predicted octanol–water partition coefficient (Wildman–Crippen LogP) is 0.735. The van der Waals surface area contributed by atoms with Gasteiger partial charge in [0.1, 0.15) is 11.5 Å². The molecular formula is C27H31N4O5S+. The molecule has 194 valence electrons. The summed E-state index contributed by atoms with van der Waals surface area (Å²) in [6.07, 6.45) is 1.75. The highest BCUT2D eigenvalue weighted by Gasteiger charge is 2.33. The number of nitrogens with zero attached hydrogens (tertiary/aromatic N) is 3. The average Bonchev–Trinajstić information content (AvgIpc) is 3.48. The van der Waals surface area contributed by atoms with E-state index in [4.69, 9.17) is 13.9 Å². The van der Waals surface area contributed by atoms with Crippen LogP contribution < -0.4 is 29.4 Å². The van der Waals surface area contributed by atoms with E-state index in [1.807, 2.05) is 36.4 Å². The van der Waals surface area contributed by atoms with Crippen LogP contribution in [0.15, 0.2) is 61.9 Å². The van der Waals surface area contributed by atoms with Crippen molar-refractivity contribution in [3.05, 3.63) is 78.7 Å². The van der Waals surface area contributed by atoms with Crippen LogP contribution in [0.25, 0.3) is 6.08 Å². The summed E-state index contributed by atoms with van der Waals surface area (Å²) in [4.78, 5) is 35.6. The third-order valence-corrected chi connectivity index (χ3v) is 7.75. The van der Waals surface area contributed by atoms with Crippen LogP contribution in [-0.4, -0.2) is 57.5 Å². The minimum absolute atomic E-state index is 0.227. The minimum Gasteiger partial charge on any atom is -0.497 e. The van der Waals surface area contributed by atoms with Gasteiger partial charge in [-0.15, -0.1) is 0 Å². The summed E-state index contributed by atoms with van der Waals surface area (Å²) in [7, 11) is 3.79. The van der Waals surface area contributed by atoms with E-state index < -0.39 is 12.0 Å². The Balaban J connectivity index is 1.57. The first kappa shape index (κ1) is 25.0. The fourth-order valence-electron chi connectivity index (χ4n) is 4.72. The number of rotatable bonds is 6. The molecule has 0 bridgehead atoms. The SMILES string of the molecule is CCOC(=O)C1=C(C)N=c2s/c(=C\c3ccc(N4CC[NH+](C)CC4)o3)c(=O)n2[C@@H]1c1ccc(OC)cc1. The number of thiazole rings is 1. The normalized spacial score (nSPS) is 18.5. The minimum atomic E-state index is -0.664. The number of allylic oxidation sites excluding steroid dienone is 1. The van der Waals surface area contributed by atoms with Gasteiger partial charge in [0.2, 0.25) is 0 Å². The maximum Gasteiger partial charge on any atom is 0.338 e. The molecule has 1 fully saturated rings. The first-order valence-corrected chi connectivity index (χ1v) is 13.2. The standard InChI is InChI=1S/C27H30N4O5S/c1-5-35-26(33)23-17(2)28-27-31(24(23)18-6-8-19(34-4)9-7-18)25(32)21(37-27)16-20-10-11-22(36-20)30-14-12-29(3)13-15-30/h6-11,16,24H,5,12-15H2,1-4H3/p+1/b21-16-/t24-/m1/s1. The molecule has 2 aliphatic rings. The summed E-state index contributed by atoms with van der Waals surface area (Å²) in [6.45, 7) is 7.73. The van der Waals surface area contributed by atoms with Gasteiger partial charge in [0, 0.05) is 12.1 Å². The highest BCUT2D eigenvalue weighted by Crippen LogP contribution is 2.31. The van der Waals surface area contributed by atoms with Gasteiger partial charge in [0.15, 0.2) is 10.7 Å². The summed E-state index contributed by atoms with van der Waals surface area (Å²) in [5.41, 5.74) is 1.41. The number of carbonyl (C=O) groups excluding carboxylic acids is 1. The second kappa shape index (κ2) is 10.4.